The molecule has 0 radical (unpaired) electrons. The largest absolute Gasteiger partial charge is 0.133 e. The highest BCUT2D eigenvalue weighted by atomic mass is 79.9. The van der Waals surface area contributed by atoms with Gasteiger partial charge in [-0.2, -0.15) is 0 Å². The summed E-state index contributed by atoms with van der Waals surface area (Å²) in [7, 11) is 0. The molecule has 3 heteroatoms. The number of fused-ring (bicyclic) bond motifs is 1. The standard InChI is InChI=1S/C10H9BrS2/c1-2-6-3-4-8(11)7-5-9(12)13-10(6)7/h3-5,12H,2H2,1H3. The normalized spacial score (nSPS) is 11.0. The van der Waals surface area contributed by atoms with Crippen molar-refractivity contribution in [3.63, 3.8) is 0 Å². The van der Waals surface area contributed by atoms with Gasteiger partial charge in [0.15, 0.2) is 0 Å². The Morgan fingerprint density at radius 3 is 2.92 bits per heavy atom. The summed E-state index contributed by atoms with van der Waals surface area (Å²) in [4.78, 5) is 0. The third-order valence-electron chi connectivity index (χ3n) is 2.08. The van der Waals surface area contributed by atoms with Crippen LogP contribution in [0.15, 0.2) is 26.9 Å². The number of hydrogen-bond donors (Lipinski definition) is 1. The van der Waals surface area contributed by atoms with Gasteiger partial charge in [-0.1, -0.05) is 28.9 Å². The molecule has 1 aromatic heterocycles. The predicted octanol–water partition coefficient (Wildman–Crippen LogP) is 4.51. The lowest BCUT2D eigenvalue weighted by Gasteiger charge is -1.99. The maximum Gasteiger partial charge on any atom is 0.0581 e. The maximum absolute atomic E-state index is 4.37. The molecule has 13 heavy (non-hydrogen) atoms. The van der Waals surface area contributed by atoms with E-state index < -0.39 is 0 Å². The van der Waals surface area contributed by atoms with Gasteiger partial charge in [0.1, 0.15) is 0 Å². The van der Waals surface area contributed by atoms with Gasteiger partial charge in [0.05, 0.1) is 4.21 Å². The molecule has 0 bridgehead atoms. The zero-order valence-electron chi connectivity index (χ0n) is 7.17. The van der Waals surface area contributed by atoms with E-state index >= 15 is 0 Å². The molecule has 0 aliphatic heterocycles. The van der Waals surface area contributed by atoms with Crippen molar-refractivity contribution in [2.45, 2.75) is 17.6 Å². The average Bonchev–Trinajstić information content (AvgIpc) is 2.48. The number of aryl methyl sites for hydroxylation is 1. The van der Waals surface area contributed by atoms with Crippen LogP contribution < -0.4 is 0 Å². The average molecular weight is 273 g/mol. The molecule has 1 heterocycles. The molecule has 2 aromatic rings. The van der Waals surface area contributed by atoms with Crippen LogP contribution in [0.2, 0.25) is 0 Å². The first-order chi connectivity index (χ1) is 6.22. The second-order valence-corrected chi connectivity index (χ2v) is 5.58. The van der Waals surface area contributed by atoms with E-state index in [4.69, 9.17) is 0 Å². The highest BCUT2D eigenvalue weighted by molar-refractivity contribution is 9.10. The molecule has 68 valence electrons. The predicted molar refractivity (Wildman–Crippen MR) is 66.2 cm³/mol. The number of rotatable bonds is 1. The summed E-state index contributed by atoms with van der Waals surface area (Å²) >= 11 is 9.67. The Morgan fingerprint density at radius 1 is 1.46 bits per heavy atom. The van der Waals surface area contributed by atoms with Crippen molar-refractivity contribution in [2.24, 2.45) is 0 Å². The summed E-state index contributed by atoms with van der Waals surface area (Å²) < 4.78 is 3.61. The van der Waals surface area contributed by atoms with Crippen LogP contribution in [0.4, 0.5) is 0 Å². The van der Waals surface area contributed by atoms with Gasteiger partial charge in [0, 0.05) is 14.6 Å². The third-order valence-corrected chi connectivity index (χ3v) is 4.19. The Balaban J connectivity index is 2.83. The third kappa shape index (κ3) is 1.65. The molecule has 1 aromatic carbocycles. The van der Waals surface area contributed by atoms with E-state index in [9.17, 15) is 0 Å². The first-order valence-electron chi connectivity index (χ1n) is 4.12. The van der Waals surface area contributed by atoms with Gasteiger partial charge in [-0.25, -0.2) is 0 Å². The summed E-state index contributed by atoms with van der Waals surface area (Å²) in [6, 6.07) is 6.41. The summed E-state index contributed by atoms with van der Waals surface area (Å²) in [5.41, 5.74) is 1.41. The molecule has 0 saturated carbocycles. The molecule has 0 nitrogen and oxygen atoms in total. The molecule has 0 atom stereocenters. The summed E-state index contributed by atoms with van der Waals surface area (Å²) in [5.74, 6) is 0. The molecular formula is C10H9BrS2. The Morgan fingerprint density at radius 2 is 2.23 bits per heavy atom. The fourth-order valence-electron chi connectivity index (χ4n) is 1.41. The van der Waals surface area contributed by atoms with Gasteiger partial charge in [0.2, 0.25) is 0 Å². The molecule has 0 N–H and O–H groups in total. The van der Waals surface area contributed by atoms with E-state index in [2.05, 4.69) is 53.7 Å². The summed E-state index contributed by atoms with van der Waals surface area (Å²) in [5, 5.41) is 1.29. The number of thiol groups is 1. The monoisotopic (exact) mass is 272 g/mol. The molecular weight excluding hydrogens is 264 g/mol. The second kappa shape index (κ2) is 3.64. The number of hydrogen-bond acceptors (Lipinski definition) is 2. The van der Waals surface area contributed by atoms with Crippen molar-refractivity contribution < 1.29 is 0 Å². The SMILES string of the molecule is CCc1ccc(Br)c2cc(S)sc12. The molecule has 0 aliphatic rings. The smallest absolute Gasteiger partial charge is 0.0581 e. The van der Waals surface area contributed by atoms with E-state index in [1.165, 1.54) is 15.6 Å². The zero-order chi connectivity index (χ0) is 9.42. The molecule has 0 unspecified atom stereocenters. The van der Waals surface area contributed by atoms with Crippen LogP contribution in [0.3, 0.4) is 0 Å². The van der Waals surface area contributed by atoms with Crippen molar-refractivity contribution in [1.82, 2.24) is 0 Å². The Kier molecular flexibility index (Phi) is 2.67. The van der Waals surface area contributed by atoms with Gasteiger partial charge in [-0.05, 0) is 24.1 Å². The first-order valence-corrected chi connectivity index (χ1v) is 6.18. The van der Waals surface area contributed by atoms with Crippen molar-refractivity contribution in [3.8, 4) is 0 Å². The van der Waals surface area contributed by atoms with E-state index in [0.29, 0.717) is 0 Å². The number of thiophene rings is 1. The Bertz CT molecular complexity index is 445. The Labute approximate surface area is 95.5 Å². The number of halogens is 1. The van der Waals surface area contributed by atoms with Crippen molar-refractivity contribution >= 4 is 50.0 Å². The van der Waals surface area contributed by atoms with Crippen LogP contribution in [0.25, 0.3) is 10.1 Å². The number of benzene rings is 1. The molecule has 0 saturated heterocycles. The van der Waals surface area contributed by atoms with E-state index in [-0.39, 0.29) is 0 Å². The Hall–Kier alpha value is 0.01000. The van der Waals surface area contributed by atoms with Crippen LogP contribution in [-0.4, -0.2) is 0 Å². The maximum atomic E-state index is 4.37. The van der Waals surface area contributed by atoms with Gasteiger partial charge in [-0.15, -0.1) is 24.0 Å². The molecule has 0 fully saturated rings. The topological polar surface area (TPSA) is 0 Å². The zero-order valence-corrected chi connectivity index (χ0v) is 10.5. The minimum Gasteiger partial charge on any atom is -0.133 e. The van der Waals surface area contributed by atoms with Crippen molar-refractivity contribution in [3.05, 3.63) is 28.2 Å². The summed E-state index contributed by atoms with van der Waals surface area (Å²) in [6.07, 6.45) is 1.08. The van der Waals surface area contributed by atoms with Crippen molar-refractivity contribution in [2.75, 3.05) is 0 Å². The first kappa shape index (κ1) is 9.56. The van der Waals surface area contributed by atoms with Gasteiger partial charge >= 0.3 is 0 Å². The molecule has 2 rings (SSSR count). The highest BCUT2D eigenvalue weighted by Gasteiger charge is 2.06. The molecule has 0 amide bonds. The minimum absolute atomic E-state index is 1.08. The van der Waals surface area contributed by atoms with Gasteiger partial charge < -0.3 is 0 Å². The molecule has 0 spiro atoms. The lowest BCUT2D eigenvalue weighted by atomic mass is 10.1. The fraction of sp³-hybridized carbons (Fsp3) is 0.200. The van der Waals surface area contributed by atoms with Crippen LogP contribution in [0.1, 0.15) is 12.5 Å². The quantitative estimate of drug-likeness (QED) is 0.726. The highest BCUT2D eigenvalue weighted by Crippen LogP contribution is 2.35. The fourth-order valence-corrected chi connectivity index (χ4v) is 3.40. The second-order valence-electron chi connectivity index (χ2n) is 2.89. The lowest BCUT2D eigenvalue weighted by molar-refractivity contribution is 1.16. The molecule has 0 aliphatic carbocycles. The van der Waals surface area contributed by atoms with E-state index in [1.54, 1.807) is 11.3 Å². The van der Waals surface area contributed by atoms with E-state index in [1.807, 2.05) is 0 Å². The van der Waals surface area contributed by atoms with Crippen LogP contribution in [0, 0.1) is 0 Å². The van der Waals surface area contributed by atoms with Gasteiger partial charge in [-0.3, -0.25) is 0 Å². The van der Waals surface area contributed by atoms with Crippen molar-refractivity contribution in [1.29, 1.82) is 0 Å². The van der Waals surface area contributed by atoms with Gasteiger partial charge in [0.25, 0.3) is 0 Å². The van der Waals surface area contributed by atoms with Crippen LogP contribution in [0.5, 0.6) is 0 Å². The van der Waals surface area contributed by atoms with Crippen LogP contribution in [-0.2, 0) is 6.42 Å². The van der Waals surface area contributed by atoms with E-state index in [0.717, 1.165) is 15.1 Å². The van der Waals surface area contributed by atoms with Crippen LogP contribution >= 0.6 is 39.9 Å². The minimum atomic E-state index is 1.08. The summed E-state index contributed by atoms with van der Waals surface area (Å²) in [6.45, 7) is 2.18. The lowest BCUT2D eigenvalue weighted by Crippen LogP contribution is -1.79.